The molecule has 0 saturated heterocycles. The summed E-state index contributed by atoms with van der Waals surface area (Å²) in [4.78, 5) is 13.0. The zero-order chi connectivity index (χ0) is 16.7. The van der Waals surface area contributed by atoms with Gasteiger partial charge in [0.15, 0.2) is 11.5 Å². The topological polar surface area (TPSA) is 79.5 Å². The van der Waals surface area contributed by atoms with Crippen molar-refractivity contribution in [1.82, 2.24) is 0 Å². The lowest BCUT2D eigenvalue weighted by Crippen LogP contribution is -2.09. The van der Waals surface area contributed by atoms with Crippen LogP contribution in [0.3, 0.4) is 0 Å². The molecule has 0 spiro atoms. The van der Waals surface area contributed by atoms with Crippen LogP contribution in [0.15, 0.2) is 41.3 Å². The molecule has 0 bridgehead atoms. The number of carbonyl (C=O) groups is 1. The first-order valence-corrected chi connectivity index (χ1v) is 7.70. The number of aromatic hydroxyl groups is 1. The Bertz CT molecular complexity index is 744. The number of carbonyl (C=O) groups excluding carboxylic acids is 1. The minimum absolute atomic E-state index is 0.0652. The first-order valence-electron chi connectivity index (χ1n) is 6.82. The monoisotopic (exact) mass is 329 g/mol. The van der Waals surface area contributed by atoms with Crippen LogP contribution in [-0.4, -0.2) is 24.8 Å². The predicted octanol–water partition coefficient (Wildman–Crippen LogP) is 3.16. The van der Waals surface area contributed by atoms with E-state index in [0.29, 0.717) is 17.7 Å². The number of hydrogen-bond donors (Lipinski definition) is 1. The summed E-state index contributed by atoms with van der Waals surface area (Å²) in [6.45, 7) is 0.215. The van der Waals surface area contributed by atoms with E-state index in [-0.39, 0.29) is 17.9 Å². The predicted molar refractivity (Wildman–Crippen MR) is 87.2 cm³/mol. The van der Waals surface area contributed by atoms with Crippen molar-refractivity contribution in [2.45, 2.75) is 6.42 Å². The maximum atomic E-state index is 11.9. The first-order chi connectivity index (χ1) is 11.1. The number of phenolic OH excluding ortho intramolecular Hbond substituents is 1. The highest BCUT2D eigenvalue weighted by Crippen LogP contribution is 2.27. The highest BCUT2D eigenvalue weighted by molar-refractivity contribution is 7.09. The molecule has 0 unspecified atom stereocenters. The zero-order valence-corrected chi connectivity index (χ0v) is 13.3. The lowest BCUT2D eigenvalue weighted by molar-refractivity contribution is -0.138. The van der Waals surface area contributed by atoms with Gasteiger partial charge in [-0.15, -0.1) is 11.3 Å². The lowest BCUT2D eigenvalue weighted by Gasteiger charge is -2.05. The van der Waals surface area contributed by atoms with Gasteiger partial charge in [0.05, 0.1) is 13.7 Å². The van der Waals surface area contributed by atoms with Gasteiger partial charge in [-0.2, -0.15) is 5.26 Å². The maximum Gasteiger partial charge on any atom is 0.348 e. The molecule has 2 aromatic rings. The van der Waals surface area contributed by atoms with Crippen LogP contribution in [0.1, 0.15) is 10.4 Å². The van der Waals surface area contributed by atoms with E-state index >= 15 is 0 Å². The van der Waals surface area contributed by atoms with Crippen LogP contribution < -0.4 is 4.74 Å². The molecule has 1 heterocycles. The van der Waals surface area contributed by atoms with Crippen molar-refractivity contribution in [2.75, 3.05) is 13.7 Å². The van der Waals surface area contributed by atoms with Crippen LogP contribution in [0.25, 0.3) is 6.08 Å². The average molecular weight is 329 g/mol. The van der Waals surface area contributed by atoms with Gasteiger partial charge in [0, 0.05) is 11.3 Å². The first kappa shape index (κ1) is 16.6. The molecule has 0 fully saturated rings. The lowest BCUT2D eigenvalue weighted by atomic mass is 10.1. The van der Waals surface area contributed by atoms with Crippen molar-refractivity contribution in [3.05, 3.63) is 51.7 Å². The molecule has 0 aliphatic heterocycles. The number of nitriles is 1. The quantitative estimate of drug-likeness (QED) is 0.500. The van der Waals surface area contributed by atoms with E-state index in [9.17, 15) is 9.90 Å². The molecule has 1 aromatic heterocycles. The Balaban J connectivity index is 2.01. The SMILES string of the molecule is COc1ccc(C=C(C#N)C(=O)OCCc2cccs2)cc1O. The van der Waals surface area contributed by atoms with E-state index in [2.05, 4.69) is 0 Å². The fourth-order valence-corrected chi connectivity index (χ4v) is 2.57. The second-order valence-corrected chi connectivity index (χ2v) is 5.60. The zero-order valence-electron chi connectivity index (χ0n) is 12.5. The Kier molecular flexibility index (Phi) is 5.78. The third-order valence-corrected chi connectivity index (χ3v) is 3.95. The molecule has 0 saturated carbocycles. The highest BCUT2D eigenvalue weighted by Gasteiger charge is 2.11. The van der Waals surface area contributed by atoms with Gasteiger partial charge in [0.25, 0.3) is 0 Å². The Labute approximate surface area is 138 Å². The van der Waals surface area contributed by atoms with Gasteiger partial charge in [-0.05, 0) is 35.2 Å². The van der Waals surface area contributed by atoms with E-state index in [4.69, 9.17) is 14.7 Å². The minimum atomic E-state index is -0.681. The molecule has 5 nitrogen and oxygen atoms in total. The largest absolute Gasteiger partial charge is 0.504 e. The van der Waals surface area contributed by atoms with Crippen LogP contribution in [0.4, 0.5) is 0 Å². The minimum Gasteiger partial charge on any atom is -0.504 e. The van der Waals surface area contributed by atoms with E-state index < -0.39 is 5.97 Å². The number of benzene rings is 1. The van der Waals surface area contributed by atoms with Crippen molar-refractivity contribution in [1.29, 1.82) is 5.26 Å². The fraction of sp³-hybridized carbons (Fsp3) is 0.176. The molecule has 118 valence electrons. The molecule has 0 aliphatic carbocycles. The number of thiophene rings is 1. The second-order valence-electron chi connectivity index (χ2n) is 4.57. The molecule has 6 heteroatoms. The number of phenols is 1. The van der Waals surface area contributed by atoms with E-state index in [1.165, 1.54) is 19.3 Å². The molecule has 1 aromatic carbocycles. The average Bonchev–Trinajstić information content (AvgIpc) is 3.06. The number of nitrogens with zero attached hydrogens (tertiary/aromatic N) is 1. The third kappa shape index (κ3) is 4.59. The van der Waals surface area contributed by atoms with Crippen molar-refractivity contribution < 1.29 is 19.4 Å². The number of hydrogen-bond acceptors (Lipinski definition) is 6. The standard InChI is InChI=1S/C17H15NO4S/c1-21-16-5-4-12(10-15(16)19)9-13(11-18)17(20)22-7-6-14-3-2-8-23-14/h2-5,8-10,19H,6-7H2,1H3. The second kappa shape index (κ2) is 8.01. The van der Waals surface area contributed by atoms with Crippen LogP contribution in [0, 0.1) is 11.3 Å². The maximum absolute atomic E-state index is 11.9. The molecule has 0 amide bonds. The molecule has 0 radical (unpaired) electrons. The van der Waals surface area contributed by atoms with Gasteiger partial charge in [0.2, 0.25) is 0 Å². The summed E-state index contributed by atoms with van der Waals surface area (Å²) in [6, 6.07) is 10.3. The van der Waals surface area contributed by atoms with Gasteiger partial charge in [-0.25, -0.2) is 4.79 Å². The molecular formula is C17H15NO4S. The molecule has 0 aliphatic rings. The Hall–Kier alpha value is -2.78. The number of rotatable bonds is 6. The van der Waals surface area contributed by atoms with Crippen LogP contribution in [0.2, 0.25) is 0 Å². The van der Waals surface area contributed by atoms with Crippen molar-refractivity contribution >= 4 is 23.4 Å². The van der Waals surface area contributed by atoms with Crippen LogP contribution in [0.5, 0.6) is 11.5 Å². The summed E-state index contributed by atoms with van der Waals surface area (Å²) in [5.41, 5.74) is 0.385. The smallest absolute Gasteiger partial charge is 0.348 e. The normalized spacial score (nSPS) is 10.9. The van der Waals surface area contributed by atoms with Gasteiger partial charge in [0.1, 0.15) is 11.6 Å². The number of esters is 1. The van der Waals surface area contributed by atoms with Crippen molar-refractivity contribution in [2.24, 2.45) is 0 Å². The van der Waals surface area contributed by atoms with E-state index in [0.717, 1.165) is 4.88 Å². The summed E-state index contributed by atoms with van der Waals surface area (Å²) in [6.07, 6.45) is 1.98. The summed E-state index contributed by atoms with van der Waals surface area (Å²) in [7, 11) is 1.44. The number of methoxy groups -OCH3 is 1. The van der Waals surface area contributed by atoms with Crippen molar-refractivity contribution in [3.63, 3.8) is 0 Å². The third-order valence-electron chi connectivity index (χ3n) is 3.02. The Morgan fingerprint density at radius 3 is 2.87 bits per heavy atom. The molecule has 1 N–H and O–H groups in total. The molecule has 23 heavy (non-hydrogen) atoms. The van der Waals surface area contributed by atoms with Gasteiger partial charge >= 0.3 is 5.97 Å². The number of ether oxygens (including phenoxy) is 2. The van der Waals surface area contributed by atoms with Gasteiger partial charge < -0.3 is 14.6 Å². The Morgan fingerprint density at radius 1 is 1.43 bits per heavy atom. The van der Waals surface area contributed by atoms with E-state index in [1.807, 2.05) is 23.6 Å². The molecule has 2 rings (SSSR count). The highest BCUT2D eigenvalue weighted by atomic mass is 32.1. The van der Waals surface area contributed by atoms with Crippen LogP contribution in [-0.2, 0) is 16.0 Å². The summed E-state index contributed by atoms with van der Waals surface area (Å²) < 4.78 is 10.0. The van der Waals surface area contributed by atoms with Gasteiger partial charge in [-0.1, -0.05) is 12.1 Å². The molecular weight excluding hydrogens is 314 g/mol. The fourth-order valence-electron chi connectivity index (χ4n) is 1.88. The molecule has 0 atom stereocenters. The van der Waals surface area contributed by atoms with Crippen molar-refractivity contribution in [3.8, 4) is 17.6 Å². The summed E-state index contributed by atoms with van der Waals surface area (Å²) in [5.74, 6) is -0.428. The van der Waals surface area contributed by atoms with E-state index in [1.54, 1.807) is 23.5 Å². The summed E-state index contributed by atoms with van der Waals surface area (Å²) in [5, 5.41) is 20.8. The Morgan fingerprint density at radius 2 is 2.26 bits per heavy atom. The van der Waals surface area contributed by atoms with Crippen LogP contribution >= 0.6 is 11.3 Å². The van der Waals surface area contributed by atoms with Gasteiger partial charge in [-0.3, -0.25) is 0 Å². The summed E-state index contributed by atoms with van der Waals surface area (Å²) >= 11 is 1.59.